The van der Waals surface area contributed by atoms with Gasteiger partial charge in [0.25, 0.3) is 0 Å². The molecule has 1 aliphatic heterocycles. The van der Waals surface area contributed by atoms with Gasteiger partial charge in [0.2, 0.25) is 29.9 Å². The lowest BCUT2D eigenvalue weighted by Gasteiger charge is -2.39. The van der Waals surface area contributed by atoms with E-state index in [4.69, 9.17) is 15.2 Å². The molecule has 43 heavy (non-hydrogen) atoms. The number of nitrogens with one attached hydrogen (secondary N) is 3. The number of primary amides is 1. The topological polar surface area (TPSA) is 229 Å². The Kier molecular flexibility index (Phi) is 11.6. The monoisotopic (exact) mass is 605 g/mol. The number of aliphatic hydroxyl groups excluding tert-OH is 4. The first-order valence-corrected chi connectivity index (χ1v) is 14.2. The summed E-state index contributed by atoms with van der Waals surface area (Å²) in [5.74, 6) is -1.22. The third-order valence-corrected chi connectivity index (χ3v) is 7.23. The number of carbonyl (C=O) groups excluding carboxylic acids is 3. The molecule has 14 heteroatoms. The van der Waals surface area contributed by atoms with Crippen molar-refractivity contribution >= 4 is 17.7 Å². The lowest BCUT2D eigenvalue weighted by molar-refractivity contribution is -0.278. The first-order valence-electron chi connectivity index (χ1n) is 14.2. The summed E-state index contributed by atoms with van der Waals surface area (Å²) in [6.07, 6.45) is -5.24. The second-order valence-corrected chi connectivity index (χ2v) is 11.6. The molecule has 3 rings (SSSR count). The molecule has 2 heterocycles. The van der Waals surface area contributed by atoms with Gasteiger partial charge in [-0.15, -0.1) is 5.10 Å². The number of H-pyrrole nitrogens is 1. The van der Waals surface area contributed by atoms with Gasteiger partial charge >= 0.3 is 0 Å². The average molecular weight is 606 g/mol. The maximum absolute atomic E-state index is 12.4. The number of nitrogens with zero attached hydrogens (tertiary/aromatic N) is 1. The molecule has 1 aromatic carbocycles. The number of benzene rings is 1. The highest BCUT2D eigenvalue weighted by molar-refractivity contribution is 5.92. The van der Waals surface area contributed by atoms with Crippen LogP contribution in [-0.2, 0) is 32.0 Å². The molecular weight excluding hydrogens is 562 g/mol. The molecule has 238 valence electrons. The van der Waals surface area contributed by atoms with Gasteiger partial charge in [-0.2, -0.15) is 0 Å². The Morgan fingerprint density at radius 3 is 2.35 bits per heavy atom. The Bertz CT molecular complexity index is 1250. The van der Waals surface area contributed by atoms with E-state index >= 15 is 0 Å². The number of nitrogens with two attached hydrogens (primary N) is 1. The third-order valence-electron chi connectivity index (χ3n) is 7.23. The summed E-state index contributed by atoms with van der Waals surface area (Å²) < 4.78 is 11.3. The number of carbonyl (C=O) groups is 3. The van der Waals surface area contributed by atoms with E-state index in [1.165, 1.54) is 0 Å². The van der Waals surface area contributed by atoms with Crippen molar-refractivity contribution in [2.75, 3.05) is 13.2 Å². The Balaban J connectivity index is 1.59. The Labute approximate surface area is 250 Å². The van der Waals surface area contributed by atoms with Crippen LogP contribution in [0.1, 0.15) is 68.8 Å². The number of aryl methyl sites for hydroxylation is 1. The number of aromatic nitrogens is 2. The van der Waals surface area contributed by atoms with E-state index in [1.54, 1.807) is 13.8 Å². The summed E-state index contributed by atoms with van der Waals surface area (Å²) in [6, 6.07) is 7.83. The van der Waals surface area contributed by atoms with Crippen molar-refractivity contribution in [3.8, 4) is 5.88 Å². The second kappa shape index (κ2) is 14.8. The summed E-state index contributed by atoms with van der Waals surface area (Å²) in [7, 11) is 0. The molecule has 1 unspecified atom stereocenters. The highest BCUT2D eigenvalue weighted by Crippen LogP contribution is 2.31. The van der Waals surface area contributed by atoms with Crippen LogP contribution in [0.15, 0.2) is 24.3 Å². The normalized spacial score (nSPS) is 22.3. The van der Waals surface area contributed by atoms with E-state index in [9.17, 15) is 34.8 Å². The van der Waals surface area contributed by atoms with Crippen LogP contribution in [0.2, 0.25) is 0 Å². The molecular formula is C29H43N5O9. The molecule has 1 fully saturated rings. The van der Waals surface area contributed by atoms with Gasteiger partial charge in [0.1, 0.15) is 30.0 Å². The molecule has 0 bridgehead atoms. The molecule has 1 saturated heterocycles. The molecule has 0 saturated carbocycles. The van der Waals surface area contributed by atoms with Crippen molar-refractivity contribution in [1.29, 1.82) is 0 Å². The van der Waals surface area contributed by atoms with Gasteiger partial charge in [-0.05, 0) is 43.7 Å². The third kappa shape index (κ3) is 8.97. The fourth-order valence-corrected chi connectivity index (χ4v) is 4.72. The van der Waals surface area contributed by atoms with Crippen LogP contribution < -0.4 is 21.1 Å². The number of aliphatic hydroxyl groups is 4. The van der Waals surface area contributed by atoms with Crippen molar-refractivity contribution in [2.45, 2.75) is 95.5 Å². The first kappa shape index (κ1) is 33.9. The van der Waals surface area contributed by atoms with Gasteiger partial charge in [0, 0.05) is 24.1 Å². The number of rotatable bonds is 14. The van der Waals surface area contributed by atoms with Gasteiger partial charge in [0.15, 0.2) is 0 Å². The maximum atomic E-state index is 12.4. The Morgan fingerprint density at radius 1 is 1.09 bits per heavy atom. The summed E-state index contributed by atoms with van der Waals surface area (Å²) >= 11 is 0. The largest absolute Gasteiger partial charge is 0.443 e. The molecule has 0 radical (unpaired) electrons. The molecule has 1 aromatic heterocycles. The van der Waals surface area contributed by atoms with Crippen LogP contribution in [0.25, 0.3) is 0 Å². The highest BCUT2D eigenvalue weighted by atomic mass is 16.7. The zero-order chi connectivity index (χ0) is 31.9. The minimum Gasteiger partial charge on any atom is -0.443 e. The van der Waals surface area contributed by atoms with Gasteiger partial charge in [-0.1, -0.05) is 38.1 Å². The van der Waals surface area contributed by atoms with Gasteiger partial charge < -0.3 is 46.3 Å². The van der Waals surface area contributed by atoms with E-state index in [0.717, 1.165) is 22.4 Å². The molecule has 5 atom stereocenters. The number of amides is 3. The van der Waals surface area contributed by atoms with Crippen LogP contribution in [-0.4, -0.2) is 97.7 Å². The molecule has 9 N–H and O–H groups in total. The molecule has 0 spiro atoms. The maximum Gasteiger partial charge on any atom is 0.245 e. The van der Waals surface area contributed by atoms with E-state index < -0.39 is 54.7 Å². The van der Waals surface area contributed by atoms with Gasteiger partial charge in [-0.25, -0.2) is 0 Å². The van der Waals surface area contributed by atoms with Crippen LogP contribution in [0.4, 0.5) is 0 Å². The van der Waals surface area contributed by atoms with Gasteiger partial charge in [-0.3, -0.25) is 19.5 Å². The van der Waals surface area contributed by atoms with Gasteiger partial charge in [0.05, 0.1) is 13.2 Å². The van der Waals surface area contributed by atoms with Crippen molar-refractivity contribution in [1.82, 2.24) is 20.8 Å². The lowest BCUT2D eigenvalue weighted by Crippen LogP contribution is -2.60. The quantitative estimate of drug-likeness (QED) is 0.133. The summed E-state index contributed by atoms with van der Waals surface area (Å²) in [5, 5.41) is 52.3. The summed E-state index contributed by atoms with van der Waals surface area (Å²) in [4.78, 5) is 35.5. The predicted molar refractivity (Wildman–Crippen MR) is 154 cm³/mol. The SMILES string of the molecule is CC(C)c1[nH]nc(OC2O[C@H](CO)[C@@H](O)[C@H](O)[C@H]2O)c1Cc1ccc(CCCC(=O)NC(C)(C)C(=O)NCC(N)=O)cc1. The molecule has 1 aliphatic rings. The zero-order valence-electron chi connectivity index (χ0n) is 24.9. The Hall–Kier alpha value is -3.56. The zero-order valence-corrected chi connectivity index (χ0v) is 24.9. The van der Waals surface area contributed by atoms with Crippen LogP contribution in [0.5, 0.6) is 5.88 Å². The summed E-state index contributed by atoms with van der Waals surface area (Å²) in [5.41, 5.74) is 7.38. The predicted octanol–water partition coefficient (Wildman–Crippen LogP) is -0.878. The van der Waals surface area contributed by atoms with E-state index in [2.05, 4.69) is 20.8 Å². The standard InChI is InChI=1S/C29H43N5O9/c1-15(2)22-18(26(34-33-22)43-27-25(40)24(39)23(38)19(14-35)42-27)12-17-10-8-16(9-11-17)6-5-7-21(37)32-29(3,4)28(41)31-13-20(30)36/h8-11,15,19,23-25,27,35,38-40H,5-7,12-14H2,1-4H3,(H2,30,36)(H,31,41)(H,32,37)(H,33,34)/t19-,23-,24+,25-,27?/m1/s1. The number of hydrogen-bond donors (Lipinski definition) is 8. The summed E-state index contributed by atoms with van der Waals surface area (Å²) in [6.45, 7) is 6.20. The highest BCUT2D eigenvalue weighted by Gasteiger charge is 2.45. The second-order valence-electron chi connectivity index (χ2n) is 11.6. The minimum absolute atomic E-state index is 0.0688. The molecule has 3 amide bonds. The van der Waals surface area contributed by atoms with E-state index in [1.807, 2.05) is 38.1 Å². The van der Waals surface area contributed by atoms with Crippen molar-refractivity contribution < 1.29 is 44.3 Å². The van der Waals surface area contributed by atoms with Crippen LogP contribution in [0, 0.1) is 0 Å². The number of aromatic amines is 1. The van der Waals surface area contributed by atoms with Crippen LogP contribution in [0.3, 0.4) is 0 Å². The van der Waals surface area contributed by atoms with Crippen LogP contribution >= 0.6 is 0 Å². The average Bonchev–Trinajstić information content (AvgIpc) is 3.34. The smallest absolute Gasteiger partial charge is 0.245 e. The lowest BCUT2D eigenvalue weighted by atomic mass is 9.97. The van der Waals surface area contributed by atoms with Crippen molar-refractivity contribution in [2.24, 2.45) is 5.73 Å². The molecule has 2 aromatic rings. The fourth-order valence-electron chi connectivity index (χ4n) is 4.72. The van der Waals surface area contributed by atoms with Crippen molar-refractivity contribution in [3.05, 3.63) is 46.6 Å². The van der Waals surface area contributed by atoms with Crippen molar-refractivity contribution in [3.63, 3.8) is 0 Å². The molecule has 0 aliphatic carbocycles. The van der Waals surface area contributed by atoms with E-state index in [0.29, 0.717) is 19.3 Å². The number of hydrogen-bond acceptors (Lipinski definition) is 10. The molecule has 14 nitrogen and oxygen atoms in total. The Morgan fingerprint density at radius 2 is 1.74 bits per heavy atom. The van der Waals surface area contributed by atoms with E-state index in [-0.39, 0.29) is 30.7 Å². The first-order chi connectivity index (χ1) is 20.2. The fraction of sp³-hybridized carbons (Fsp3) is 0.586. The number of ether oxygens (including phenoxy) is 2. The minimum atomic E-state index is -1.57.